The van der Waals surface area contributed by atoms with Crippen molar-refractivity contribution >= 4 is 22.9 Å². The topological polar surface area (TPSA) is 112 Å². The van der Waals surface area contributed by atoms with Gasteiger partial charge in [-0.1, -0.05) is 17.7 Å². The first-order valence-corrected chi connectivity index (χ1v) is 12.8. The molecule has 0 fully saturated rings. The maximum atomic E-state index is 14.8. The van der Waals surface area contributed by atoms with Crippen LogP contribution in [0, 0.1) is 25.6 Å². The van der Waals surface area contributed by atoms with Crippen molar-refractivity contribution < 1.29 is 32.9 Å². The van der Waals surface area contributed by atoms with E-state index >= 15 is 0 Å². The first kappa shape index (κ1) is 32.5. The zero-order valence-electron chi connectivity index (χ0n) is 22.1. The molecule has 0 bridgehead atoms. The van der Waals surface area contributed by atoms with Crippen molar-refractivity contribution in [3.63, 3.8) is 0 Å². The van der Waals surface area contributed by atoms with Gasteiger partial charge in [0.2, 0.25) is 0 Å². The Labute approximate surface area is 225 Å². The summed E-state index contributed by atoms with van der Waals surface area (Å²) in [6.45, 7) is 4.75. The fraction of sp³-hybridized carbons (Fsp3) is 0.385. The number of ether oxygens (including phenoxy) is 2. The summed E-state index contributed by atoms with van der Waals surface area (Å²) in [5, 5.41) is 8.94. The zero-order valence-corrected chi connectivity index (χ0v) is 22.9. The molecule has 10 nitrogen and oxygen atoms in total. The molecule has 2 aromatic rings. The third kappa shape index (κ3) is 10.1. The third-order valence-electron chi connectivity index (χ3n) is 5.26. The van der Waals surface area contributed by atoms with Crippen molar-refractivity contribution in [2.45, 2.75) is 18.7 Å². The molecule has 12 heteroatoms. The summed E-state index contributed by atoms with van der Waals surface area (Å²) in [6, 6.07) is 10.7. The van der Waals surface area contributed by atoms with Crippen molar-refractivity contribution in [2.75, 3.05) is 53.5 Å². The molecule has 38 heavy (non-hydrogen) atoms. The highest BCUT2D eigenvalue weighted by Gasteiger charge is 2.23. The van der Waals surface area contributed by atoms with Crippen LogP contribution >= 0.6 is 0 Å². The Balaban J connectivity index is 0.00000352. The minimum Gasteiger partial charge on any atom is -0.454 e. The lowest BCUT2D eigenvalue weighted by molar-refractivity contribution is -0.129. The Morgan fingerprint density at radius 2 is 1.76 bits per heavy atom. The molecule has 0 aromatic heterocycles. The number of benzene rings is 2. The molecule has 0 radical (unpaired) electrons. The van der Waals surface area contributed by atoms with E-state index in [1.165, 1.54) is 26.8 Å². The molecule has 2 N–H and O–H groups in total. The lowest BCUT2D eigenvalue weighted by Gasteiger charge is -2.29. The Morgan fingerprint density at radius 1 is 1.11 bits per heavy atom. The van der Waals surface area contributed by atoms with Gasteiger partial charge in [0.05, 0.1) is 18.0 Å². The fourth-order valence-corrected chi connectivity index (χ4v) is 4.33. The maximum absolute atomic E-state index is 14.8. The number of amides is 3. The van der Waals surface area contributed by atoms with E-state index in [4.69, 9.17) is 14.7 Å². The van der Waals surface area contributed by atoms with Crippen molar-refractivity contribution in [3.8, 4) is 24.3 Å². The van der Waals surface area contributed by atoms with Crippen LogP contribution < -0.4 is 10.2 Å². The van der Waals surface area contributed by atoms with Crippen LogP contribution in [0.1, 0.15) is 12.5 Å². The van der Waals surface area contributed by atoms with Crippen LogP contribution in [0.4, 0.5) is 9.18 Å². The number of carbonyl (C=O) groups excluding carboxylic acids is 2. The summed E-state index contributed by atoms with van der Waals surface area (Å²) >= 11 is 0. The van der Waals surface area contributed by atoms with Gasteiger partial charge in [0.15, 0.2) is 11.6 Å². The largest absolute Gasteiger partial charge is 0.454 e. The molecule has 2 rings (SSSR count). The molecular weight excluding hydrogens is 515 g/mol. The number of hydrogen-bond acceptors (Lipinski definition) is 6. The second-order valence-electron chi connectivity index (χ2n) is 7.93. The van der Waals surface area contributed by atoms with E-state index in [1.54, 1.807) is 31.2 Å². The normalized spacial score (nSPS) is 11.2. The highest BCUT2D eigenvalue weighted by molar-refractivity contribution is 7.82. The van der Waals surface area contributed by atoms with E-state index < -0.39 is 29.3 Å². The van der Waals surface area contributed by atoms with Gasteiger partial charge in [-0.3, -0.25) is 10.0 Å². The van der Waals surface area contributed by atoms with Crippen molar-refractivity contribution in [1.29, 1.82) is 0 Å². The van der Waals surface area contributed by atoms with Crippen LogP contribution in [0.3, 0.4) is 0 Å². The summed E-state index contributed by atoms with van der Waals surface area (Å²) in [5.74, 6) is -1.11. The first-order chi connectivity index (χ1) is 18.2. The molecule has 0 aliphatic heterocycles. The van der Waals surface area contributed by atoms with Gasteiger partial charge in [0.1, 0.15) is 16.7 Å². The minimum atomic E-state index is -1.96. The molecule has 0 aliphatic carbocycles. The van der Waals surface area contributed by atoms with Crippen LogP contribution in [-0.4, -0.2) is 88.9 Å². The molecule has 0 aliphatic rings. The molecule has 3 amide bonds. The van der Waals surface area contributed by atoms with E-state index in [2.05, 4.69) is 12.8 Å². The molecule has 0 heterocycles. The molecule has 0 saturated carbocycles. The Kier molecular flexibility index (Phi) is 14.6. The van der Waals surface area contributed by atoms with Crippen LogP contribution in [0.15, 0.2) is 47.4 Å². The Hall–Kier alpha value is -3.50. The third-order valence-corrected chi connectivity index (χ3v) is 6.70. The van der Waals surface area contributed by atoms with Gasteiger partial charge >= 0.3 is 6.03 Å². The molecule has 0 spiro atoms. The number of aryl methyl sites for hydroxylation is 1. The Bertz CT molecular complexity index is 1080. The number of rotatable bonds is 13. The molecular formula is C26H35FN4O6S. The summed E-state index contributed by atoms with van der Waals surface area (Å²) in [7, 11) is 1.17. The fourth-order valence-electron chi connectivity index (χ4n) is 3.16. The monoisotopic (exact) mass is 550 g/mol. The van der Waals surface area contributed by atoms with Crippen molar-refractivity contribution in [3.05, 3.63) is 53.8 Å². The number of methoxy groups -OCH3 is 1. The van der Waals surface area contributed by atoms with E-state index in [0.717, 1.165) is 11.6 Å². The van der Waals surface area contributed by atoms with Gasteiger partial charge < -0.3 is 19.3 Å². The van der Waals surface area contributed by atoms with Crippen molar-refractivity contribution in [2.24, 2.45) is 0 Å². The highest BCUT2D eigenvalue weighted by atomic mass is 32.2. The van der Waals surface area contributed by atoms with E-state index in [0.29, 0.717) is 25.4 Å². The predicted molar refractivity (Wildman–Crippen MR) is 143 cm³/mol. The highest BCUT2D eigenvalue weighted by Crippen LogP contribution is 2.27. The van der Waals surface area contributed by atoms with Gasteiger partial charge in [-0.05, 0) is 44.2 Å². The maximum Gasteiger partial charge on any atom is 0.319 e. The molecule has 1 unspecified atom stereocenters. The average molecular weight is 551 g/mol. The lowest BCUT2D eigenvalue weighted by atomic mass is 10.2. The standard InChI is InChI=1S/C24H33FN4O6S.C2H2/c1-5-28(14-15-34-4)24(31)27(3)12-13-29(17-23(30)26-32)36(33)20-10-11-22(21(25)16-20)35-19-8-6-18(2)7-9-19;1-2/h6-11,16,32H,5,12-15,17H2,1-4H3,(H,26,30);1-2H. The second kappa shape index (κ2) is 17.1. The summed E-state index contributed by atoms with van der Waals surface area (Å²) < 4.78 is 39.8. The summed E-state index contributed by atoms with van der Waals surface area (Å²) in [5.41, 5.74) is 2.54. The average Bonchev–Trinajstić information content (AvgIpc) is 2.93. The zero-order chi connectivity index (χ0) is 28.7. The predicted octanol–water partition coefficient (Wildman–Crippen LogP) is 3.03. The quantitative estimate of drug-likeness (QED) is 0.225. The van der Waals surface area contributed by atoms with Crippen molar-refractivity contribution in [1.82, 2.24) is 19.6 Å². The number of nitrogens with one attached hydrogen (secondary N) is 1. The second-order valence-corrected chi connectivity index (χ2v) is 9.42. The number of urea groups is 1. The first-order valence-electron chi connectivity index (χ1n) is 11.7. The Morgan fingerprint density at radius 3 is 2.32 bits per heavy atom. The molecule has 2 aromatic carbocycles. The number of carbonyl (C=O) groups is 2. The van der Waals surface area contributed by atoms with Crippen LogP contribution in [-0.2, 0) is 20.5 Å². The van der Waals surface area contributed by atoms with E-state index in [-0.39, 0.29) is 29.8 Å². The molecule has 1 atom stereocenters. The number of terminal acetylenes is 1. The van der Waals surface area contributed by atoms with E-state index in [1.807, 2.05) is 26.0 Å². The van der Waals surface area contributed by atoms with Gasteiger partial charge in [-0.25, -0.2) is 23.2 Å². The van der Waals surface area contributed by atoms with Gasteiger partial charge in [-0.2, -0.15) is 0 Å². The smallest absolute Gasteiger partial charge is 0.319 e. The number of hydrogen-bond donors (Lipinski definition) is 2. The lowest BCUT2D eigenvalue weighted by Crippen LogP contribution is -2.46. The summed E-state index contributed by atoms with van der Waals surface area (Å²) in [4.78, 5) is 27.6. The van der Waals surface area contributed by atoms with Gasteiger partial charge in [0, 0.05) is 40.3 Å². The van der Waals surface area contributed by atoms with Crippen LogP contribution in [0.2, 0.25) is 0 Å². The van der Waals surface area contributed by atoms with E-state index in [9.17, 15) is 18.2 Å². The minimum absolute atomic E-state index is 0.0212. The number of halogens is 1. The molecule has 0 saturated heterocycles. The number of likely N-dealkylation sites (N-methyl/N-ethyl adjacent to an activating group) is 2. The van der Waals surface area contributed by atoms with Gasteiger partial charge in [0.25, 0.3) is 5.91 Å². The number of hydroxylamine groups is 1. The number of nitrogens with zero attached hydrogens (tertiary/aromatic N) is 3. The van der Waals surface area contributed by atoms with Gasteiger partial charge in [-0.15, -0.1) is 12.8 Å². The van der Waals surface area contributed by atoms with Crippen LogP contribution in [0.25, 0.3) is 0 Å². The molecule has 208 valence electrons. The summed E-state index contributed by atoms with van der Waals surface area (Å²) in [6.07, 6.45) is 8.00. The SMILES string of the molecule is C#C.CCN(CCOC)C(=O)N(C)CCN(CC(=O)NO)S(=O)c1ccc(Oc2ccc(C)cc2)c(F)c1. The van der Waals surface area contributed by atoms with Crippen LogP contribution in [0.5, 0.6) is 11.5 Å².